The summed E-state index contributed by atoms with van der Waals surface area (Å²) in [6.45, 7) is 6.62. The molecule has 0 saturated carbocycles. The van der Waals surface area contributed by atoms with Gasteiger partial charge in [-0.3, -0.25) is 9.59 Å². The largest absolute Gasteiger partial charge is 0.484 e. The molecule has 6 nitrogen and oxygen atoms in total. The molecule has 2 saturated heterocycles. The Kier molecular flexibility index (Phi) is 6.04. The quantitative estimate of drug-likeness (QED) is 0.803. The van der Waals surface area contributed by atoms with Gasteiger partial charge >= 0.3 is 0 Å². The van der Waals surface area contributed by atoms with Crippen LogP contribution in [0, 0.1) is 13.8 Å². The maximum Gasteiger partial charge on any atom is 0.260 e. The molecule has 1 aromatic carbocycles. The number of nitrogens with zero attached hydrogens (tertiary/aromatic N) is 2. The van der Waals surface area contributed by atoms with E-state index in [9.17, 15) is 9.59 Å². The summed E-state index contributed by atoms with van der Waals surface area (Å²) in [5.74, 6) is 0.627. The molecule has 0 radical (unpaired) electrons. The zero-order chi connectivity index (χ0) is 18.7. The molecule has 2 amide bonds. The normalized spacial score (nSPS) is 20.3. The Bertz CT molecular complexity index is 657. The average molecular weight is 381 g/mol. The molecule has 2 heterocycles. The van der Waals surface area contributed by atoms with Crippen LogP contribution in [0.4, 0.5) is 0 Å². The molecule has 1 atom stereocenters. The predicted molar refractivity (Wildman–Crippen MR) is 98.6 cm³/mol. The fraction of sp³-hybridized carbons (Fsp3) is 0.579. The maximum absolute atomic E-state index is 12.4. The molecule has 7 heteroatoms. The number of halogens is 1. The molecule has 1 unspecified atom stereocenters. The highest BCUT2D eigenvalue weighted by atomic mass is 35.5. The standard InChI is InChI=1S/C19H25ClN2O4/c1-13-10-15(11-14(2)18(13)20)26-12-17(23)21-5-7-22(8-6-21)19(24)16-4-3-9-25-16/h10-11,16H,3-9,12H2,1-2H3. The molecule has 0 aromatic heterocycles. The number of piperazine rings is 1. The molecule has 3 rings (SSSR count). The van der Waals surface area contributed by atoms with Crippen LogP contribution in [0.15, 0.2) is 12.1 Å². The minimum absolute atomic E-state index is 0.0137. The van der Waals surface area contributed by atoms with E-state index in [1.54, 1.807) is 9.80 Å². The van der Waals surface area contributed by atoms with E-state index >= 15 is 0 Å². The Balaban J connectivity index is 1.47. The fourth-order valence-corrected chi connectivity index (χ4v) is 3.49. The summed E-state index contributed by atoms with van der Waals surface area (Å²) in [6.07, 6.45) is 1.44. The molecule has 0 bridgehead atoms. The van der Waals surface area contributed by atoms with Gasteiger partial charge in [0.05, 0.1) is 0 Å². The number of carbonyl (C=O) groups is 2. The van der Waals surface area contributed by atoms with Crippen molar-refractivity contribution in [3.05, 3.63) is 28.3 Å². The van der Waals surface area contributed by atoms with Gasteiger partial charge in [-0.15, -0.1) is 0 Å². The Labute approximate surface area is 159 Å². The van der Waals surface area contributed by atoms with Crippen LogP contribution in [0.25, 0.3) is 0 Å². The zero-order valence-corrected chi connectivity index (χ0v) is 16.1. The summed E-state index contributed by atoms with van der Waals surface area (Å²) in [5, 5.41) is 0.718. The first-order valence-electron chi connectivity index (χ1n) is 9.03. The molecule has 26 heavy (non-hydrogen) atoms. The lowest BCUT2D eigenvalue weighted by Gasteiger charge is -2.35. The van der Waals surface area contributed by atoms with Crippen molar-refractivity contribution < 1.29 is 19.1 Å². The van der Waals surface area contributed by atoms with Crippen LogP contribution in [0.5, 0.6) is 5.75 Å². The summed E-state index contributed by atoms with van der Waals surface area (Å²) in [4.78, 5) is 28.3. The van der Waals surface area contributed by atoms with E-state index in [1.165, 1.54) is 0 Å². The van der Waals surface area contributed by atoms with Crippen LogP contribution < -0.4 is 4.74 Å². The van der Waals surface area contributed by atoms with Crippen LogP contribution in [0.3, 0.4) is 0 Å². The molecule has 2 aliphatic heterocycles. The second kappa shape index (κ2) is 8.27. The Morgan fingerprint density at radius 3 is 2.35 bits per heavy atom. The molecule has 2 aliphatic rings. The van der Waals surface area contributed by atoms with Gasteiger partial charge in [-0.25, -0.2) is 0 Å². The van der Waals surface area contributed by atoms with Gasteiger partial charge < -0.3 is 19.3 Å². The van der Waals surface area contributed by atoms with E-state index in [-0.39, 0.29) is 24.5 Å². The summed E-state index contributed by atoms with van der Waals surface area (Å²) in [5.41, 5.74) is 1.85. The van der Waals surface area contributed by atoms with Crippen molar-refractivity contribution in [1.82, 2.24) is 9.80 Å². The third kappa shape index (κ3) is 4.30. The molecule has 0 aliphatic carbocycles. The van der Waals surface area contributed by atoms with E-state index < -0.39 is 0 Å². The van der Waals surface area contributed by atoms with Gasteiger partial charge in [0.25, 0.3) is 11.8 Å². The van der Waals surface area contributed by atoms with Gasteiger partial charge in [0.15, 0.2) is 6.61 Å². The van der Waals surface area contributed by atoms with Crippen LogP contribution in [0.1, 0.15) is 24.0 Å². The maximum atomic E-state index is 12.4. The Morgan fingerprint density at radius 2 is 1.77 bits per heavy atom. The first-order valence-corrected chi connectivity index (χ1v) is 9.41. The highest BCUT2D eigenvalue weighted by molar-refractivity contribution is 6.32. The summed E-state index contributed by atoms with van der Waals surface area (Å²) >= 11 is 6.15. The number of rotatable bonds is 4. The van der Waals surface area contributed by atoms with E-state index in [2.05, 4.69) is 0 Å². The lowest BCUT2D eigenvalue weighted by atomic mass is 10.1. The van der Waals surface area contributed by atoms with Crippen LogP contribution in [0.2, 0.25) is 5.02 Å². The third-order valence-electron chi connectivity index (χ3n) is 4.92. The number of hydrogen-bond donors (Lipinski definition) is 0. The number of carbonyl (C=O) groups excluding carboxylic acids is 2. The van der Waals surface area contributed by atoms with Gasteiger partial charge in [0.1, 0.15) is 11.9 Å². The monoisotopic (exact) mass is 380 g/mol. The summed E-state index contributed by atoms with van der Waals surface area (Å²) in [7, 11) is 0. The average Bonchev–Trinajstić information content (AvgIpc) is 3.18. The van der Waals surface area contributed by atoms with Crippen molar-refractivity contribution in [2.45, 2.75) is 32.8 Å². The molecule has 142 valence electrons. The number of amides is 2. The summed E-state index contributed by atoms with van der Waals surface area (Å²) < 4.78 is 11.1. The molecular weight excluding hydrogens is 356 g/mol. The summed E-state index contributed by atoms with van der Waals surface area (Å²) in [6, 6.07) is 3.67. The Hall–Kier alpha value is -1.79. The highest BCUT2D eigenvalue weighted by Crippen LogP contribution is 2.26. The van der Waals surface area contributed by atoms with Crippen molar-refractivity contribution >= 4 is 23.4 Å². The van der Waals surface area contributed by atoms with Crippen molar-refractivity contribution in [2.75, 3.05) is 39.4 Å². The van der Waals surface area contributed by atoms with Crippen LogP contribution in [-0.4, -0.2) is 67.1 Å². The third-order valence-corrected chi connectivity index (χ3v) is 5.52. The van der Waals surface area contributed by atoms with Crippen LogP contribution in [-0.2, 0) is 14.3 Å². The number of ether oxygens (including phenoxy) is 2. The van der Waals surface area contributed by atoms with Gasteiger partial charge in [-0.2, -0.15) is 0 Å². The first kappa shape index (κ1) is 19.0. The van der Waals surface area contributed by atoms with Gasteiger partial charge in [-0.05, 0) is 49.9 Å². The van der Waals surface area contributed by atoms with Gasteiger partial charge in [0, 0.05) is 37.8 Å². The van der Waals surface area contributed by atoms with E-state index in [0.717, 1.165) is 29.0 Å². The lowest BCUT2D eigenvalue weighted by molar-refractivity contribution is -0.146. The van der Waals surface area contributed by atoms with Crippen molar-refractivity contribution in [2.24, 2.45) is 0 Å². The van der Waals surface area contributed by atoms with Crippen molar-refractivity contribution in [1.29, 1.82) is 0 Å². The number of benzene rings is 1. The highest BCUT2D eigenvalue weighted by Gasteiger charge is 2.31. The van der Waals surface area contributed by atoms with Crippen molar-refractivity contribution in [3.8, 4) is 5.75 Å². The lowest BCUT2D eigenvalue weighted by Crippen LogP contribution is -2.53. The molecular formula is C19H25ClN2O4. The fourth-order valence-electron chi connectivity index (χ4n) is 3.38. The predicted octanol–water partition coefficient (Wildman–Crippen LogP) is 2.19. The number of aryl methyl sites for hydroxylation is 2. The molecule has 1 aromatic rings. The molecule has 2 fully saturated rings. The topological polar surface area (TPSA) is 59.1 Å². The SMILES string of the molecule is Cc1cc(OCC(=O)N2CCN(C(=O)C3CCCO3)CC2)cc(C)c1Cl. The second-order valence-electron chi connectivity index (χ2n) is 6.87. The van der Waals surface area contributed by atoms with E-state index in [4.69, 9.17) is 21.1 Å². The van der Waals surface area contributed by atoms with E-state index in [0.29, 0.717) is 38.5 Å². The van der Waals surface area contributed by atoms with Gasteiger partial charge in [0.2, 0.25) is 0 Å². The van der Waals surface area contributed by atoms with Crippen molar-refractivity contribution in [3.63, 3.8) is 0 Å². The smallest absolute Gasteiger partial charge is 0.260 e. The Morgan fingerprint density at radius 1 is 1.15 bits per heavy atom. The zero-order valence-electron chi connectivity index (χ0n) is 15.3. The first-order chi connectivity index (χ1) is 12.5. The van der Waals surface area contributed by atoms with E-state index in [1.807, 2.05) is 26.0 Å². The molecule has 0 N–H and O–H groups in total. The minimum Gasteiger partial charge on any atom is -0.484 e. The van der Waals surface area contributed by atoms with Gasteiger partial charge in [-0.1, -0.05) is 11.6 Å². The minimum atomic E-state index is -0.294. The number of hydrogen-bond acceptors (Lipinski definition) is 4. The van der Waals surface area contributed by atoms with Crippen LogP contribution >= 0.6 is 11.6 Å². The molecule has 0 spiro atoms. The second-order valence-corrected chi connectivity index (χ2v) is 7.25.